The van der Waals surface area contributed by atoms with E-state index in [0.717, 1.165) is 11.3 Å². The van der Waals surface area contributed by atoms with E-state index in [9.17, 15) is 5.11 Å². The first-order valence-electron chi connectivity index (χ1n) is 5.68. The summed E-state index contributed by atoms with van der Waals surface area (Å²) in [5, 5.41) is 13.2. The molecule has 0 saturated heterocycles. The number of hydrogen-bond donors (Lipinski definition) is 3. The summed E-state index contributed by atoms with van der Waals surface area (Å²) >= 11 is 6.09. The molecule has 18 heavy (non-hydrogen) atoms. The van der Waals surface area contributed by atoms with Gasteiger partial charge in [0.05, 0.1) is 23.4 Å². The Morgan fingerprint density at radius 3 is 2.50 bits per heavy atom. The van der Waals surface area contributed by atoms with Crippen LogP contribution in [0.2, 0.25) is 5.02 Å². The summed E-state index contributed by atoms with van der Waals surface area (Å²) in [6.07, 6.45) is 0. The number of nitrogens with one attached hydrogen (secondary N) is 1. The minimum atomic E-state index is -0.188. The summed E-state index contributed by atoms with van der Waals surface area (Å²) in [6, 6.07) is 14.8. The molecule has 0 saturated carbocycles. The summed E-state index contributed by atoms with van der Waals surface area (Å²) in [5.41, 5.74) is 8.02. The third-order valence-electron chi connectivity index (χ3n) is 2.71. The third kappa shape index (κ3) is 2.94. The van der Waals surface area contributed by atoms with Crippen LogP contribution in [0.25, 0.3) is 0 Å². The number of benzene rings is 2. The first kappa shape index (κ1) is 12.7. The van der Waals surface area contributed by atoms with Crippen LogP contribution in [-0.4, -0.2) is 11.7 Å². The van der Waals surface area contributed by atoms with E-state index in [2.05, 4.69) is 5.32 Å². The lowest BCUT2D eigenvalue weighted by Crippen LogP contribution is -2.15. The van der Waals surface area contributed by atoms with Gasteiger partial charge in [-0.15, -0.1) is 0 Å². The van der Waals surface area contributed by atoms with Crippen molar-refractivity contribution in [3.05, 3.63) is 59.1 Å². The molecule has 1 unspecified atom stereocenters. The second-order valence-electron chi connectivity index (χ2n) is 4.03. The molecule has 0 aromatic heterocycles. The van der Waals surface area contributed by atoms with Crippen molar-refractivity contribution in [1.82, 2.24) is 0 Å². The van der Waals surface area contributed by atoms with E-state index in [0.29, 0.717) is 10.7 Å². The van der Waals surface area contributed by atoms with E-state index in [4.69, 9.17) is 17.3 Å². The summed E-state index contributed by atoms with van der Waals surface area (Å²) in [5.74, 6) is 0. The normalized spacial score (nSPS) is 12.1. The highest BCUT2D eigenvalue weighted by Gasteiger charge is 2.11. The Bertz CT molecular complexity index is 516. The maximum atomic E-state index is 9.46. The van der Waals surface area contributed by atoms with Gasteiger partial charge in [-0.2, -0.15) is 0 Å². The molecule has 0 fully saturated rings. The number of hydrogen-bond acceptors (Lipinski definition) is 3. The molecule has 0 aliphatic heterocycles. The van der Waals surface area contributed by atoms with Crippen LogP contribution in [0.3, 0.4) is 0 Å². The van der Waals surface area contributed by atoms with Gasteiger partial charge in [0.1, 0.15) is 0 Å². The number of nitrogen functional groups attached to an aromatic ring is 1. The number of nitrogens with two attached hydrogens (primary N) is 1. The fourth-order valence-electron chi connectivity index (χ4n) is 1.76. The van der Waals surface area contributed by atoms with Gasteiger partial charge in [0, 0.05) is 5.69 Å². The van der Waals surface area contributed by atoms with Crippen LogP contribution in [0.1, 0.15) is 11.6 Å². The Morgan fingerprint density at radius 1 is 1.17 bits per heavy atom. The molecule has 2 rings (SSSR count). The van der Waals surface area contributed by atoms with Crippen molar-refractivity contribution in [3.8, 4) is 0 Å². The molecule has 0 radical (unpaired) electrons. The van der Waals surface area contributed by atoms with Crippen molar-refractivity contribution >= 4 is 23.0 Å². The largest absolute Gasteiger partial charge is 0.399 e. The molecule has 0 aliphatic carbocycles. The van der Waals surface area contributed by atoms with Crippen LogP contribution in [0.15, 0.2) is 48.5 Å². The smallest absolute Gasteiger partial charge is 0.0745 e. The standard InChI is InChI=1S/C14H15ClN2O/c15-12-8-11(16)6-7-13(12)17-14(9-18)10-4-2-1-3-5-10/h1-8,14,17-18H,9,16H2. The van der Waals surface area contributed by atoms with Crippen molar-refractivity contribution in [2.75, 3.05) is 17.7 Å². The van der Waals surface area contributed by atoms with Crippen LogP contribution in [-0.2, 0) is 0 Å². The second kappa shape index (κ2) is 5.76. The Morgan fingerprint density at radius 2 is 1.89 bits per heavy atom. The first-order valence-corrected chi connectivity index (χ1v) is 6.06. The van der Waals surface area contributed by atoms with Crippen LogP contribution >= 0.6 is 11.6 Å². The molecule has 0 bridgehead atoms. The van der Waals surface area contributed by atoms with Gasteiger partial charge in [-0.05, 0) is 23.8 Å². The van der Waals surface area contributed by atoms with Crippen molar-refractivity contribution in [2.45, 2.75) is 6.04 Å². The Hall–Kier alpha value is -1.71. The average molecular weight is 263 g/mol. The zero-order valence-electron chi connectivity index (χ0n) is 9.81. The summed E-state index contributed by atoms with van der Waals surface area (Å²) in [4.78, 5) is 0. The molecule has 2 aromatic rings. The van der Waals surface area contributed by atoms with E-state index in [1.165, 1.54) is 0 Å². The van der Waals surface area contributed by atoms with Crippen LogP contribution in [0, 0.1) is 0 Å². The molecule has 0 amide bonds. The van der Waals surface area contributed by atoms with Crippen molar-refractivity contribution in [2.24, 2.45) is 0 Å². The Kier molecular flexibility index (Phi) is 4.07. The number of rotatable bonds is 4. The molecule has 94 valence electrons. The lowest BCUT2D eigenvalue weighted by atomic mass is 10.1. The molecule has 3 nitrogen and oxygen atoms in total. The number of aliphatic hydroxyl groups is 1. The van der Waals surface area contributed by atoms with Crippen molar-refractivity contribution in [1.29, 1.82) is 0 Å². The minimum absolute atomic E-state index is 0.00921. The van der Waals surface area contributed by atoms with Crippen LogP contribution in [0.4, 0.5) is 11.4 Å². The maximum Gasteiger partial charge on any atom is 0.0745 e. The average Bonchev–Trinajstić information content (AvgIpc) is 2.39. The van der Waals surface area contributed by atoms with Gasteiger partial charge in [-0.25, -0.2) is 0 Å². The molecule has 2 aromatic carbocycles. The van der Waals surface area contributed by atoms with Crippen molar-refractivity contribution < 1.29 is 5.11 Å². The number of anilines is 2. The highest BCUT2D eigenvalue weighted by Crippen LogP contribution is 2.27. The fraction of sp³-hybridized carbons (Fsp3) is 0.143. The van der Waals surface area contributed by atoms with Gasteiger partial charge >= 0.3 is 0 Å². The quantitative estimate of drug-likeness (QED) is 0.742. The lowest BCUT2D eigenvalue weighted by Gasteiger charge is -2.19. The minimum Gasteiger partial charge on any atom is -0.399 e. The van der Waals surface area contributed by atoms with Gasteiger partial charge in [0.25, 0.3) is 0 Å². The topological polar surface area (TPSA) is 58.3 Å². The molecule has 4 N–H and O–H groups in total. The number of halogens is 1. The molecule has 1 atom stereocenters. The maximum absolute atomic E-state index is 9.46. The molecular weight excluding hydrogens is 248 g/mol. The van der Waals surface area contributed by atoms with E-state index in [1.54, 1.807) is 12.1 Å². The Balaban J connectivity index is 2.21. The zero-order valence-corrected chi connectivity index (χ0v) is 10.6. The third-order valence-corrected chi connectivity index (χ3v) is 3.02. The van der Waals surface area contributed by atoms with Gasteiger partial charge in [0.15, 0.2) is 0 Å². The van der Waals surface area contributed by atoms with Gasteiger partial charge in [-0.1, -0.05) is 41.9 Å². The van der Waals surface area contributed by atoms with Crippen LogP contribution in [0.5, 0.6) is 0 Å². The highest BCUT2D eigenvalue weighted by molar-refractivity contribution is 6.33. The van der Waals surface area contributed by atoms with Gasteiger partial charge in [-0.3, -0.25) is 0 Å². The monoisotopic (exact) mass is 262 g/mol. The predicted octanol–water partition coefficient (Wildman–Crippen LogP) is 3.07. The lowest BCUT2D eigenvalue weighted by molar-refractivity contribution is 0.276. The van der Waals surface area contributed by atoms with Crippen molar-refractivity contribution in [3.63, 3.8) is 0 Å². The van der Waals surface area contributed by atoms with Gasteiger partial charge in [0.2, 0.25) is 0 Å². The first-order chi connectivity index (χ1) is 8.70. The Labute approximate surface area is 111 Å². The summed E-state index contributed by atoms with van der Waals surface area (Å²) in [7, 11) is 0. The SMILES string of the molecule is Nc1ccc(NC(CO)c2ccccc2)c(Cl)c1. The van der Waals surface area contributed by atoms with E-state index in [-0.39, 0.29) is 12.6 Å². The zero-order chi connectivity index (χ0) is 13.0. The predicted molar refractivity (Wildman–Crippen MR) is 75.8 cm³/mol. The number of aliphatic hydroxyl groups excluding tert-OH is 1. The molecular formula is C14H15ClN2O. The van der Waals surface area contributed by atoms with E-state index < -0.39 is 0 Å². The molecule has 0 spiro atoms. The fourth-order valence-corrected chi connectivity index (χ4v) is 2.00. The van der Waals surface area contributed by atoms with E-state index >= 15 is 0 Å². The molecule has 0 heterocycles. The molecule has 4 heteroatoms. The van der Waals surface area contributed by atoms with E-state index in [1.807, 2.05) is 36.4 Å². The molecule has 0 aliphatic rings. The summed E-state index contributed by atoms with van der Waals surface area (Å²) < 4.78 is 0. The second-order valence-corrected chi connectivity index (χ2v) is 4.44. The summed E-state index contributed by atoms with van der Waals surface area (Å²) in [6.45, 7) is -0.00921. The van der Waals surface area contributed by atoms with Crippen LogP contribution < -0.4 is 11.1 Å². The van der Waals surface area contributed by atoms with Gasteiger partial charge < -0.3 is 16.2 Å². The highest BCUT2D eigenvalue weighted by atomic mass is 35.5.